The fourth-order valence-corrected chi connectivity index (χ4v) is 6.01. The maximum Gasteiger partial charge on any atom is 0.247 e. The van der Waals surface area contributed by atoms with Crippen LogP contribution in [-0.4, -0.2) is 34.4 Å². The zero-order valence-corrected chi connectivity index (χ0v) is 22.4. The van der Waals surface area contributed by atoms with E-state index in [9.17, 15) is 9.59 Å². The van der Waals surface area contributed by atoms with Crippen molar-refractivity contribution in [2.75, 3.05) is 18.0 Å². The highest BCUT2D eigenvalue weighted by Gasteiger charge is 2.37. The van der Waals surface area contributed by atoms with Crippen LogP contribution in [0.1, 0.15) is 75.6 Å². The molecule has 1 aliphatic carbocycles. The predicted octanol–water partition coefficient (Wildman–Crippen LogP) is 7.17. The van der Waals surface area contributed by atoms with Crippen LogP contribution in [0.4, 0.5) is 5.69 Å². The van der Waals surface area contributed by atoms with Crippen molar-refractivity contribution in [1.82, 2.24) is 9.47 Å². The summed E-state index contributed by atoms with van der Waals surface area (Å²) < 4.78 is 2.15. The summed E-state index contributed by atoms with van der Waals surface area (Å²) in [6.45, 7) is 2.82. The summed E-state index contributed by atoms with van der Waals surface area (Å²) in [5.74, 6) is 0.694. The van der Waals surface area contributed by atoms with Gasteiger partial charge in [-0.15, -0.1) is 0 Å². The first-order valence-corrected chi connectivity index (χ1v) is 14.1. The van der Waals surface area contributed by atoms with Crippen LogP contribution in [0, 0.1) is 5.92 Å². The molecule has 3 aromatic rings. The van der Waals surface area contributed by atoms with Gasteiger partial charge in [0, 0.05) is 24.2 Å². The van der Waals surface area contributed by atoms with Crippen molar-refractivity contribution in [3.05, 3.63) is 83.1 Å². The summed E-state index contributed by atoms with van der Waals surface area (Å²) >= 11 is 6.21. The zero-order chi connectivity index (χ0) is 25.8. The Morgan fingerprint density at radius 1 is 0.973 bits per heavy atom. The quantitative estimate of drug-likeness (QED) is 0.302. The highest BCUT2D eigenvalue weighted by Crippen LogP contribution is 2.42. The van der Waals surface area contributed by atoms with E-state index in [4.69, 9.17) is 11.6 Å². The fourth-order valence-electron chi connectivity index (χ4n) is 5.89. The number of halogens is 1. The Labute approximate surface area is 225 Å². The normalized spacial score (nSPS) is 16.9. The molecule has 2 aliphatic rings. The molecular formula is C31H36ClN3O2. The monoisotopic (exact) mass is 517 g/mol. The molecule has 0 spiro atoms. The third kappa shape index (κ3) is 5.47. The predicted molar refractivity (Wildman–Crippen MR) is 149 cm³/mol. The molecule has 37 heavy (non-hydrogen) atoms. The van der Waals surface area contributed by atoms with E-state index in [1.165, 1.54) is 25.7 Å². The molecule has 0 bridgehead atoms. The van der Waals surface area contributed by atoms with Gasteiger partial charge in [0.1, 0.15) is 12.6 Å². The van der Waals surface area contributed by atoms with Gasteiger partial charge in [-0.2, -0.15) is 0 Å². The van der Waals surface area contributed by atoms with Crippen molar-refractivity contribution < 1.29 is 9.59 Å². The first kappa shape index (κ1) is 25.6. The Morgan fingerprint density at radius 2 is 1.70 bits per heavy atom. The van der Waals surface area contributed by atoms with Crippen LogP contribution in [0.5, 0.6) is 0 Å². The molecule has 1 unspecified atom stereocenters. The third-order valence-corrected chi connectivity index (χ3v) is 8.13. The minimum atomic E-state index is -0.309. The van der Waals surface area contributed by atoms with Gasteiger partial charge in [-0.25, -0.2) is 0 Å². The summed E-state index contributed by atoms with van der Waals surface area (Å²) in [7, 11) is 0. The Kier molecular flexibility index (Phi) is 7.99. The molecule has 2 heterocycles. The van der Waals surface area contributed by atoms with Gasteiger partial charge in [0.05, 0.1) is 17.1 Å². The van der Waals surface area contributed by atoms with Gasteiger partial charge in [-0.1, -0.05) is 74.9 Å². The van der Waals surface area contributed by atoms with Crippen molar-refractivity contribution in [3.63, 3.8) is 0 Å². The minimum absolute atomic E-state index is 0.0647. The van der Waals surface area contributed by atoms with Crippen LogP contribution in [-0.2, 0) is 9.59 Å². The van der Waals surface area contributed by atoms with Gasteiger partial charge in [-0.3, -0.25) is 14.5 Å². The fraction of sp³-hybridized carbons (Fsp3) is 0.419. The number of anilines is 1. The van der Waals surface area contributed by atoms with E-state index in [0.29, 0.717) is 23.9 Å². The van der Waals surface area contributed by atoms with Crippen LogP contribution in [0.3, 0.4) is 0 Å². The van der Waals surface area contributed by atoms with Crippen LogP contribution >= 0.6 is 11.6 Å². The van der Waals surface area contributed by atoms with E-state index in [1.807, 2.05) is 65.7 Å². The lowest BCUT2D eigenvalue weighted by Crippen LogP contribution is -2.47. The molecule has 5 nitrogen and oxygen atoms in total. The molecule has 1 aromatic heterocycles. The van der Waals surface area contributed by atoms with Gasteiger partial charge in [-0.05, 0) is 60.7 Å². The maximum atomic E-state index is 14.2. The Hall–Kier alpha value is -3.05. The molecule has 0 N–H and O–H groups in total. The smallest absolute Gasteiger partial charge is 0.247 e. The second kappa shape index (κ2) is 11.6. The number of hydrogen-bond acceptors (Lipinski definition) is 2. The number of nitrogens with zero attached hydrogens (tertiary/aromatic N) is 3. The number of rotatable bonds is 9. The summed E-state index contributed by atoms with van der Waals surface area (Å²) in [6, 6.07) is 19.5. The summed E-state index contributed by atoms with van der Waals surface area (Å²) in [5, 5.41) is 0.659. The maximum absolute atomic E-state index is 14.2. The van der Waals surface area contributed by atoms with Crippen LogP contribution < -0.4 is 4.90 Å². The lowest BCUT2D eigenvalue weighted by molar-refractivity contribution is -0.135. The Balaban J connectivity index is 1.45. The lowest BCUT2D eigenvalue weighted by atomic mass is 9.97. The molecular weight excluding hydrogens is 482 g/mol. The molecule has 0 saturated heterocycles. The van der Waals surface area contributed by atoms with E-state index in [2.05, 4.69) is 17.6 Å². The zero-order valence-electron chi connectivity index (χ0n) is 21.6. The summed E-state index contributed by atoms with van der Waals surface area (Å²) in [5.41, 5.74) is 3.82. The Bertz CT molecular complexity index is 1230. The number of unbranched alkanes of at least 4 members (excludes halogenated alkanes) is 1. The van der Waals surface area contributed by atoms with E-state index in [1.54, 1.807) is 4.90 Å². The molecule has 0 radical (unpaired) electrons. The van der Waals surface area contributed by atoms with Gasteiger partial charge < -0.3 is 9.47 Å². The number of benzene rings is 2. The topological polar surface area (TPSA) is 45.6 Å². The first-order chi connectivity index (χ1) is 18.1. The lowest BCUT2D eigenvalue weighted by Gasteiger charge is -2.39. The molecule has 5 rings (SSSR count). The van der Waals surface area contributed by atoms with Crippen molar-refractivity contribution in [3.8, 4) is 5.69 Å². The van der Waals surface area contributed by atoms with E-state index >= 15 is 0 Å². The van der Waals surface area contributed by atoms with E-state index < -0.39 is 0 Å². The molecule has 194 valence electrons. The van der Waals surface area contributed by atoms with Gasteiger partial charge >= 0.3 is 0 Å². The molecule has 1 aliphatic heterocycles. The number of hydrogen-bond donors (Lipinski definition) is 0. The molecule has 2 aromatic carbocycles. The number of fused-ring (bicyclic) bond motifs is 3. The second-order valence-electron chi connectivity index (χ2n) is 10.4. The SMILES string of the molecule is CCCCN(CC(=O)N1c2ccccc2-n2cccc2C1c1ccc(Cl)cc1)C(=O)CCC1CCCC1. The largest absolute Gasteiger partial charge is 0.333 e. The van der Waals surface area contributed by atoms with Crippen molar-refractivity contribution >= 4 is 29.1 Å². The minimum Gasteiger partial charge on any atom is -0.333 e. The average Bonchev–Trinajstić information content (AvgIpc) is 3.62. The number of para-hydroxylation sites is 2. The summed E-state index contributed by atoms with van der Waals surface area (Å²) in [6.07, 6.45) is 10.4. The standard InChI is InChI=1S/C31H36ClN3O2/c1-2-3-20-33(29(36)19-14-23-9-4-5-10-23)22-30(37)35-27-12-7-6-11-26(27)34-21-8-13-28(34)31(35)24-15-17-25(32)18-16-24/h6-8,11-13,15-18,21,23,31H,2-5,9-10,14,19-20,22H2,1H3. The number of carbonyl (C=O) groups is 2. The number of amides is 2. The Morgan fingerprint density at radius 3 is 2.43 bits per heavy atom. The number of carbonyl (C=O) groups excluding carboxylic acids is 2. The molecule has 2 amide bonds. The van der Waals surface area contributed by atoms with Gasteiger partial charge in [0.15, 0.2) is 0 Å². The highest BCUT2D eigenvalue weighted by atomic mass is 35.5. The molecule has 1 atom stereocenters. The summed E-state index contributed by atoms with van der Waals surface area (Å²) in [4.78, 5) is 31.2. The van der Waals surface area contributed by atoms with E-state index in [-0.39, 0.29) is 24.4 Å². The number of aromatic nitrogens is 1. The first-order valence-electron chi connectivity index (χ1n) is 13.7. The highest BCUT2D eigenvalue weighted by molar-refractivity contribution is 6.30. The average molecular weight is 518 g/mol. The molecule has 1 saturated carbocycles. The third-order valence-electron chi connectivity index (χ3n) is 7.88. The second-order valence-corrected chi connectivity index (χ2v) is 10.8. The van der Waals surface area contributed by atoms with Crippen LogP contribution in [0.25, 0.3) is 5.69 Å². The van der Waals surface area contributed by atoms with Crippen molar-refractivity contribution in [1.29, 1.82) is 0 Å². The van der Waals surface area contributed by atoms with Crippen LogP contribution in [0.15, 0.2) is 66.9 Å². The van der Waals surface area contributed by atoms with Gasteiger partial charge in [0.25, 0.3) is 0 Å². The molecule has 1 fully saturated rings. The van der Waals surface area contributed by atoms with Crippen LogP contribution in [0.2, 0.25) is 5.02 Å². The molecule has 6 heteroatoms. The van der Waals surface area contributed by atoms with Crippen molar-refractivity contribution in [2.24, 2.45) is 5.92 Å². The van der Waals surface area contributed by atoms with E-state index in [0.717, 1.165) is 41.9 Å². The van der Waals surface area contributed by atoms with Gasteiger partial charge in [0.2, 0.25) is 11.8 Å². The van der Waals surface area contributed by atoms with Crippen molar-refractivity contribution in [2.45, 2.75) is 64.3 Å².